The van der Waals surface area contributed by atoms with Crippen molar-refractivity contribution in [2.45, 2.75) is 38.8 Å². The zero-order chi connectivity index (χ0) is 15.1. The maximum atomic E-state index is 12.2. The standard InChI is InChI=1S/C16H20N4O2/c1-2-3-10-22-14-12(21)6-8-20-13(14)16-17-7-9-19(16)15(18-20)11-4-5-11/h6-9,11,15,18H,2-5,10H2,1H3. The highest BCUT2D eigenvalue weighted by atomic mass is 16.5. The molecule has 0 spiro atoms. The van der Waals surface area contributed by atoms with E-state index in [1.807, 2.05) is 10.9 Å². The Morgan fingerprint density at radius 2 is 2.27 bits per heavy atom. The molecule has 0 amide bonds. The van der Waals surface area contributed by atoms with Crippen molar-refractivity contribution >= 4 is 0 Å². The number of imidazole rings is 1. The molecule has 2 aliphatic rings. The number of hydrogen-bond acceptors (Lipinski definition) is 4. The summed E-state index contributed by atoms with van der Waals surface area (Å²) in [5.74, 6) is 1.83. The molecule has 3 heterocycles. The van der Waals surface area contributed by atoms with Crippen molar-refractivity contribution in [3.63, 3.8) is 0 Å². The second kappa shape index (κ2) is 5.19. The lowest BCUT2D eigenvalue weighted by Crippen LogP contribution is -2.34. The molecule has 6 nitrogen and oxygen atoms in total. The molecule has 1 N–H and O–H groups in total. The molecule has 1 fully saturated rings. The molecular weight excluding hydrogens is 280 g/mol. The Hall–Kier alpha value is -2.24. The third-order valence-electron chi connectivity index (χ3n) is 4.32. The van der Waals surface area contributed by atoms with Crippen LogP contribution in [0.5, 0.6) is 5.75 Å². The van der Waals surface area contributed by atoms with Gasteiger partial charge in [-0.15, -0.1) is 0 Å². The van der Waals surface area contributed by atoms with Gasteiger partial charge < -0.3 is 14.7 Å². The van der Waals surface area contributed by atoms with Crippen LogP contribution in [-0.2, 0) is 0 Å². The fraction of sp³-hybridized carbons (Fsp3) is 0.500. The van der Waals surface area contributed by atoms with Crippen LogP contribution < -0.4 is 15.6 Å². The second-order valence-corrected chi connectivity index (χ2v) is 6.00. The third kappa shape index (κ3) is 2.10. The summed E-state index contributed by atoms with van der Waals surface area (Å²) in [6.07, 6.45) is 10.2. The van der Waals surface area contributed by atoms with Gasteiger partial charge in [-0.2, -0.15) is 0 Å². The monoisotopic (exact) mass is 300 g/mol. The minimum Gasteiger partial charge on any atom is -0.487 e. The van der Waals surface area contributed by atoms with Crippen LogP contribution in [0.3, 0.4) is 0 Å². The van der Waals surface area contributed by atoms with E-state index in [4.69, 9.17) is 4.74 Å². The number of nitrogens with zero attached hydrogens (tertiary/aromatic N) is 3. The Balaban J connectivity index is 1.79. The van der Waals surface area contributed by atoms with E-state index in [1.54, 1.807) is 18.5 Å². The fourth-order valence-electron chi connectivity index (χ4n) is 2.96. The summed E-state index contributed by atoms with van der Waals surface area (Å²) < 4.78 is 9.81. The zero-order valence-electron chi connectivity index (χ0n) is 12.7. The molecule has 2 aromatic rings. The highest BCUT2D eigenvalue weighted by Crippen LogP contribution is 2.43. The van der Waals surface area contributed by atoms with Gasteiger partial charge in [-0.3, -0.25) is 9.47 Å². The van der Waals surface area contributed by atoms with Gasteiger partial charge in [0.05, 0.1) is 6.61 Å². The van der Waals surface area contributed by atoms with Gasteiger partial charge in [-0.05, 0) is 25.2 Å². The van der Waals surface area contributed by atoms with Gasteiger partial charge in [0.2, 0.25) is 5.43 Å². The summed E-state index contributed by atoms with van der Waals surface area (Å²) in [6, 6.07) is 1.56. The molecule has 1 aliphatic carbocycles. The van der Waals surface area contributed by atoms with E-state index in [0.717, 1.165) is 24.4 Å². The molecule has 6 heteroatoms. The molecule has 1 unspecified atom stereocenters. The van der Waals surface area contributed by atoms with Crippen molar-refractivity contribution in [1.29, 1.82) is 0 Å². The largest absolute Gasteiger partial charge is 0.487 e. The lowest BCUT2D eigenvalue weighted by molar-refractivity contribution is 0.303. The van der Waals surface area contributed by atoms with Gasteiger partial charge in [0, 0.05) is 24.7 Å². The number of rotatable bonds is 5. The molecule has 1 atom stereocenters. The molecule has 1 saturated carbocycles. The van der Waals surface area contributed by atoms with Gasteiger partial charge >= 0.3 is 0 Å². The maximum Gasteiger partial charge on any atom is 0.224 e. The quantitative estimate of drug-likeness (QED) is 0.861. The Bertz CT molecular complexity index is 745. The van der Waals surface area contributed by atoms with E-state index in [0.29, 0.717) is 18.3 Å². The Morgan fingerprint density at radius 3 is 3.05 bits per heavy atom. The molecule has 4 rings (SSSR count). The number of pyridine rings is 1. The Labute approximate surface area is 128 Å². The summed E-state index contributed by atoms with van der Waals surface area (Å²) in [4.78, 5) is 16.7. The van der Waals surface area contributed by atoms with E-state index in [1.165, 1.54) is 12.8 Å². The molecular formula is C16H20N4O2. The topological polar surface area (TPSA) is 61.1 Å². The second-order valence-electron chi connectivity index (χ2n) is 6.00. The minimum absolute atomic E-state index is 0.0939. The first-order valence-electron chi connectivity index (χ1n) is 7.98. The first kappa shape index (κ1) is 13.4. The van der Waals surface area contributed by atoms with Crippen molar-refractivity contribution in [3.8, 4) is 17.3 Å². The predicted octanol–water partition coefficient (Wildman–Crippen LogP) is 2.36. The van der Waals surface area contributed by atoms with Crippen LogP contribution in [0.4, 0.5) is 0 Å². The van der Waals surface area contributed by atoms with E-state index in [2.05, 4.69) is 21.9 Å². The number of unbranched alkanes of at least 4 members (excludes halogenated alkanes) is 1. The molecule has 1 aliphatic heterocycles. The van der Waals surface area contributed by atoms with Crippen LogP contribution in [0, 0.1) is 5.92 Å². The molecule has 0 saturated heterocycles. The molecule has 2 aromatic heterocycles. The summed E-state index contributed by atoms with van der Waals surface area (Å²) in [5.41, 5.74) is 4.11. The molecule has 0 aromatic carbocycles. The zero-order valence-corrected chi connectivity index (χ0v) is 12.7. The average Bonchev–Trinajstić information content (AvgIpc) is 3.25. The first-order chi connectivity index (χ1) is 10.8. The lowest BCUT2D eigenvalue weighted by atomic mass is 10.2. The van der Waals surface area contributed by atoms with Crippen LogP contribution >= 0.6 is 0 Å². The lowest BCUT2D eigenvalue weighted by Gasteiger charge is -2.31. The van der Waals surface area contributed by atoms with Gasteiger partial charge in [-0.25, -0.2) is 4.98 Å². The maximum absolute atomic E-state index is 12.2. The fourth-order valence-corrected chi connectivity index (χ4v) is 2.96. The number of ether oxygens (including phenoxy) is 1. The first-order valence-corrected chi connectivity index (χ1v) is 7.98. The van der Waals surface area contributed by atoms with Crippen LogP contribution in [0.25, 0.3) is 11.5 Å². The highest BCUT2D eigenvalue weighted by molar-refractivity contribution is 5.62. The van der Waals surface area contributed by atoms with Crippen molar-refractivity contribution in [2.75, 3.05) is 12.0 Å². The number of nitrogens with one attached hydrogen (secondary N) is 1. The minimum atomic E-state index is -0.0939. The Kier molecular flexibility index (Phi) is 3.17. The van der Waals surface area contributed by atoms with E-state index in [9.17, 15) is 4.79 Å². The predicted molar refractivity (Wildman–Crippen MR) is 83.4 cm³/mol. The van der Waals surface area contributed by atoms with Crippen LogP contribution in [-0.4, -0.2) is 20.8 Å². The van der Waals surface area contributed by atoms with Gasteiger partial charge in [0.15, 0.2) is 17.3 Å². The molecule has 0 bridgehead atoms. The number of fused-ring (bicyclic) bond motifs is 3. The average molecular weight is 300 g/mol. The summed E-state index contributed by atoms with van der Waals surface area (Å²) in [6.45, 7) is 2.65. The third-order valence-corrected chi connectivity index (χ3v) is 4.32. The number of hydrogen-bond donors (Lipinski definition) is 1. The van der Waals surface area contributed by atoms with E-state index < -0.39 is 0 Å². The molecule has 22 heavy (non-hydrogen) atoms. The van der Waals surface area contributed by atoms with Gasteiger partial charge in [0.25, 0.3) is 0 Å². The molecule has 116 valence electrons. The molecule has 0 radical (unpaired) electrons. The van der Waals surface area contributed by atoms with Crippen LogP contribution in [0.15, 0.2) is 29.5 Å². The summed E-state index contributed by atoms with van der Waals surface area (Å²) in [7, 11) is 0. The van der Waals surface area contributed by atoms with Crippen molar-refractivity contribution in [2.24, 2.45) is 5.92 Å². The van der Waals surface area contributed by atoms with Gasteiger partial charge in [0.1, 0.15) is 6.17 Å². The SMILES string of the molecule is CCCCOc1c2n(ccc1=O)NC(C1CC1)n1ccnc1-2. The van der Waals surface area contributed by atoms with Gasteiger partial charge in [-0.1, -0.05) is 13.3 Å². The van der Waals surface area contributed by atoms with Crippen molar-refractivity contribution in [3.05, 3.63) is 34.9 Å². The van der Waals surface area contributed by atoms with Crippen molar-refractivity contribution in [1.82, 2.24) is 14.2 Å². The summed E-state index contributed by atoms with van der Waals surface area (Å²) in [5, 5.41) is 0. The van der Waals surface area contributed by atoms with E-state index >= 15 is 0 Å². The van der Waals surface area contributed by atoms with E-state index in [-0.39, 0.29) is 11.6 Å². The van der Waals surface area contributed by atoms with Crippen molar-refractivity contribution < 1.29 is 4.74 Å². The highest BCUT2D eigenvalue weighted by Gasteiger charge is 2.37. The number of aromatic nitrogens is 3. The normalized spacial score (nSPS) is 19.2. The summed E-state index contributed by atoms with van der Waals surface area (Å²) >= 11 is 0. The Morgan fingerprint density at radius 1 is 1.41 bits per heavy atom. The smallest absolute Gasteiger partial charge is 0.224 e. The van der Waals surface area contributed by atoms with Crippen LogP contribution in [0.2, 0.25) is 0 Å². The van der Waals surface area contributed by atoms with Crippen LogP contribution in [0.1, 0.15) is 38.8 Å².